The predicted octanol–water partition coefficient (Wildman–Crippen LogP) is 1.68. The number of carbonyl (C=O) groups excluding carboxylic acids is 2. The zero-order valence-corrected chi connectivity index (χ0v) is 14.7. The van der Waals surface area contributed by atoms with Crippen LogP contribution in [0.3, 0.4) is 0 Å². The van der Waals surface area contributed by atoms with E-state index in [9.17, 15) is 14.4 Å². The first-order valence-corrected chi connectivity index (χ1v) is 8.12. The number of nitrogens with zero attached hydrogens (tertiary/aromatic N) is 3. The molecule has 1 aliphatic heterocycles. The van der Waals surface area contributed by atoms with Gasteiger partial charge in [0.1, 0.15) is 18.0 Å². The molecule has 2 amide bonds. The Morgan fingerprint density at radius 1 is 1.28 bits per heavy atom. The van der Waals surface area contributed by atoms with Crippen LogP contribution in [0.1, 0.15) is 32.9 Å². The minimum absolute atomic E-state index is 0.0170. The topological polar surface area (TPSA) is 100 Å². The summed E-state index contributed by atoms with van der Waals surface area (Å²) in [6, 6.07) is 5.17. The van der Waals surface area contributed by atoms with Gasteiger partial charge in [-0.3, -0.25) is 19.4 Å². The maximum absolute atomic E-state index is 12.4. The Bertz CT molecular complexity index is 668. The Kier molecular flexibility index (Phi) is 5.61. The van der Waals surface area contributed by atoms with Crippen LogP contribution < -0.4 is 4.90 Å². The van der Waals surface area contributed by atoms with E-state index in [4.69, 9.17) is 9.84 Å². The fourth-order valence-electron chi connectivity index (χ4n) is 2.39. The van der Waals surface area contributed by atoms with E-state index in [0.29, 0.717) is 31.0 Å². The number of aliphatic carboxylic acids is 1. The molecule has 25 heavy (non-hydrogen) atoms. The minimum atomic E-state index is -0.894. The fourth-order valence-corrected chi connectivity index (χ4v) is 2.39. The highest BCUT2D eigenvalue weighted by Gasteiger charge is 2.31. The molecule has 0 saturated carbocycles. The van der Waals surface area contributed by atoms with Crippen molar-refractivity contribution in [2.75, 3.05) is 24.5 Å². The summed E-state index contributed by atoms with van der Waals surface area (Å²) in [6.07, 6.45) is -0.227. The van der Waals surface area contributed by atoms with Gasteiger partial charge in [-0.1, -0.05) is 6.07 Å². The molecule has 0 aliphatic carbocycles. The molecule has 0 aromatic carbocycles. The zero-order chi connectivity index (χ0) is 18.6. The summed E-state index contributed by atoms with van der Waals surface area (Å²) in [5.41, 5.74) is -0.000582. The summed E-state index contributed by atoms with van der Waals surface area (Å²) in [6.45, 7) is 5.91. The summed E-state index contributed by atoms with van der Waals surface area (Å²) in [7, 11) is 0. The standard InChI is InChI=1S/C17H23N3O5/c1-17(2,3)25-16(24)19-9-10-20(14(21)11-19)13-6-4-5-12(18-13)7-8-15(22)23/h4-6H,7-11H2,1-3H3,(H,22,23). The van der Waals surface area contributed by atoms with E-state index in [1.165, 1.54) is 9.80 Å². The molecule has 0 radical (unpaired) electrons. The molecule has 1 aliphatic rings. The Hall–Kier alpha value is -2.64. The average Bonchev–Trinajstić information content (AvgIpc) is 2.51. The molecule has 1 fully saturated rings. The number of hydrogen-bond donors (Lipinski definition) is 1. The minimum Gasteiger partial charge on any atom is -0.481 e. The molecule has 1 aromatic heterocycles. The number of hydrogen-bond acceptors (Lipinski definition) is 5. The van der Waals surface area contributed by atoms with Gasteiger partial charge in [0.05, 0.1) is 6.42 Å². The highest BCUT2D eigenvalue weighted by molar-refractivity contribution is 5.96. The van der Waals surface area contributed by atoms with Crippen LogP contribution >= 0.6 is 0 Å². The number of anilines is 1. The van der Waals surface area contributed by atoms with E-state index in [0.717, 1.165) is 0 Å². The molecule has 136 valence electrons. The van der Waals surface area contributed by atoms with Gasteiger partial charge in [-0.25, -0.2) is 9.78 Å². The second-order valence-corrected chi connectivity index (χ2v) is 6.83. The molecule has 0 spiro atoms. The maximum atomic E-state index is 12.4. The molecular formula is C17H23N3O5. The van der Waals surface area contributed by atoms with Crippen LogP contribution in [0.2, 0.25) is 0 Å². The Morgan fingerprint density at radius 2 is 2.00 bits per heavy atom. The van der Waals surface area contributed by atoms with E-state index in [2.05, 4.69) is 4.98 Å². The van der Waals surface area contributed by atoms with Crippen LogP contribution in [0.5, 0.6) is 0 Å². The number of rotatable bonds is 4. The summed E-state index contributed by atoms with van der Waals surface area (Å²) in [5.74, 6) is -0.675. The van der Waals surface area contributed by atoms with Crippen LogP contribution in [0.15, 0.2) is 18.2 Å². The summed E-state index contributed by atoms with van der Waals surface area (Å²) in [4.78, 5) is 42.4. The van der Waals surface area contributed by atoms with Gasteiger partial charge in [-0.2, -0.15) is 0 Å². The van der Waals surface area contributed by atoms with Crippen molar-refractivity contribution in [2.45, 2.75) is 39.2 Å². The third-order valence-corrected chi connectivity index (χ3v) is 3.54. The van der Waals surface area contributed by atoms with Crippen molar-refractivity contribution in [3.63, 3.8) is 0 Å². The predicted molar refractivity (Wildman–Crippen MR) is 90.4 cm³/mol. The van der Waals surface area contributed by atoms with Crippen LogP contribution in [-0.2, 0) is 20.7 Å². The number of piperazine rings is 1. The molecule has 2 heterocycles. The summed E-state index contributed by atoms with van der Waals surface area (Å²) < 4.78 is 5.28. The lowest BCUT2D eigenvalue weighted by molar-refractivity contribution is -0.137. The molecule has 1 saturated heterocycles. The van der Waals surface area contributed by atoms with Gasteiger partial charge in [0.15, 0.2) is 0 Å². The maximum Gasteiger partial charge on any atom is 0.410 e. The summed E-state index contributed by atoms with van der Waals surface area (Å²) in [5, 5.41) is 8.75. The lowest BCUT2D eigenvalue weighted by Crippen LogP contribution is -2.53. The average molecular weight is 349 g/mol. The normalized spacial score (nSPS) is 15.2. The molecule has 0 atom stereocenters. The molecule has 8 heteroatoms. The van der Waals surface area contributed by atoms with Crippen molar-refractivity contribution in [1.29, 1.82) is 0 Å². The van der Waals surface area contributed by atoms with Crippen LogP contribution in [-0.4, -0.2) is 58.2 Å². The summed E-state index contributed by atoms with van der Waals surface area (Å²) >= 11 is 0. The number of aryl methyl sites for hydroxylation is 1. The molecule has 1 aromatic rings. The molecule has 0 unspecified atom stereocenters. The molecule has 1 N–H and O–H groups in total. The van der Waals surface area contributed by atoms with Crippen molar-refractivity contribution in [1.82, 2.24) is 9.88 Å². The number of amides is 2. The second-order valence-electron chi connectivity index (χ2n) is 6.83. The monoisotopic (exact) mass is 349 g/mol. The first-order valence-electron chi connectivity index (χ1n) is 8.12. The Morgan fingerprint density at radius 3 is 2.60 bits per heavy atom. The lowest BCUT2D eigenvalue weighted by Gasteiger charge is -2.34. The number of carboxylic acids is 1. The number of carboxylic acid groups (broad SMARTS) is 1. The van der Waals surface area contributed by atoms with Crippen molar-refractivity contribution < 1.29 is 24.2 Å². The van der Waals surface area contributed by atoms with Crippen molar-refractivity contribution in [2.24, 2.45) is 0 Å². The fraction of sp³-hybridized carbons (Fsp3) is 0.529. The van der Waals surface area contributed by atoms with Crippen molar-refractivity contribution in [3.05, 3.63) is 23.9 Å². The third kappa shape index (κ3) is 5.44. The van der Waals surface area contributed by atoms with E-state index in [1.807, 2.05) is 0 Å². The molecule has 0 bridgehead atoms. The van der Waals surface area contributed by atoms with Gasteiger partial charge in [0, 0.05) is 25.2 Å². The van der Waals surface area contributed by atoms with Gasteiger partial charge in [-0.15, -0.1) is 0 Å². The number of pyridine rings is 1. The largest absolute Gasteiger partial charge is 0.481 e. The molecule has 8 nitrogen and oxygen atoms in total. The highest BCUT2D eigenvalue weighted by atomic mass is 16.6. The van der Waals surface area contributed by atoms with Gasteiger partial charge >= 0.3 is 12.1 Å². The van der Waals surface area contributed by atoms with E-state index in [-0.39, 0.29) is 18.9 Å². The van der Waals surface area contributed by atoms with Crippen molar-refractivity contribution >= 4 is 23.8 Å². The van der Waals surface area contributed by atoms with Gasteiger partial charge in [0.2, 0.25) is 5.91 Å². The third-order valence-electron chi connectivity index (χ3n) is 3.54. The van der Waals surface area contributed by atoms with Gasteiger partial charge < -0.3 is 9.84 Å². The van der Waals surface area contributed by atoms with Gasteiger partial charge in [-0.05, 0) is 32.9 Å². The number of ether oxygens (including phenoxy) is 1. The number of carbonyl (C=O) groups is 3. The first kappa shape index (κ1) is 18.7. The first-order chi connectivity index (χ1) is 11.7. The SMILES string of the molecule is CC(C)(C)OC(=O)N1CCN(c2cccc(CCC(=O)O)n2)C(=O)C1. The van der Waals surface area contributed by atoms with E-state index in [1.54, 1.807) is 39.0 Å². The Labute approximate surface area is 146 Å². The Balaban J connectivity index is 2.01. The van der Waals surface area contributed by atoms with E-state index >= 15 is 0 Å². The van der Waals surface area contributed by atoms with Crippen LogP contribution in [0, 0.1) is 0 Å². The quantitative estimate of drug-likeness (QED) is 0.888. The van der Waals surface area contributed by atoms with E-state index < -0.39 is 17.7 Å². The number of aromatic nitrogens is 1. The van der Waals surface area contributed by atoms with Gasteiger partial charge in [0.25, 0.3) is 0 Å². The smallest absolute Gasteiger partial charge is 0.410 e. The molecule has 2 rings (SSSR count). The second kappa shape index (κ2) is 7.50. The van der Waals surface area contributed by atoms with Crippen LogP contribution in [0.4, 0.5) is 10.6 Å². The zero-order valence-electron chi connectivity index (χ0n) is 14.7. The van der Waals surface area contributed by atoms with Crippen molar-refractivity contribution in [3.8, 4) is 0 Å². The van der Waals surface area contributed by atoms with Crippen LogP contribution in [0.25, 0.3) is 0 Å². The highest BCUT2D eigenvalue weighted by Crippen LogP contribution is 2.18. The molecular weight excluding hydrogens is 326 g/mol. The lowest BCUT2D eigenvalue weighted by atomic mass is 10.2.